The van der Waals surface area contributed by atoms with Gasteiger partial charge in [-0.1, -0.05) is 0 Å². The molecule has 5 heteroatoms. The second-order valence-corrected chi connectivity index (χ2v) is 1.64. The van der Waals surface area contributed by atoms with Crippen molar-refractivity contribution in [2.75, 3.05) is 0 Å². The lowest BCUT2D eigenvalue weighted by Gasteiger charge is -1.99. The Balaban J connectivity index is 2.57. The molecule has 0 aromatic carbocycles. The summed E-state index contributed by atoms with van der Waals surface area (Å²) in [4.78, 5) is 10.1. The number of aliphatic carboxylic acids is 1. The number of rotatable bonds is 1. The lowest BCUT2D eigenvalue weighted by molar-refractivity contribution is -0.138. The van der Waals surface area contributed by atoms with E-state index in [1.807, 2.05) is 0 Å². The highest BCUT2D eigenvalue weighted by atomic mass is 16.4. The first kappa shape index (κ1) is 5.90. The van der Waals surface area contributed by atoms with Crippen molar-refractivity contribution in [1.29, 1.82) is 0 Å². The van der Waals surface area contributed by atoms with Crippen LogP contribution in [0.1, 0.15) is 0 Å². The van der Waals surface area contributed by atoms with E-state index in [9.17, 15) is 4.79 Å². The van der Waals surface area contributed by atoms with Crippen LogP contribution in [0.4, 0.5) is 0 Å². The van der Waals surface area contributed by atoms with Crippen LogP contribution >= 0.6 is 0 Å². The predicted octanol–water partition coefficient (Wildman–Crippen LogP) is -1.05. The highest BCUT2D eigenvalue weighted by Gasteiger charge is 2.19. The van der Waals surface area contributed by atoms with Crippen molar-refractivity contribution in [2.24, 2.45) is 0 Å². The molecule has 1 aliphatic rings. The quantitative estimate of drug-likeness (QED) is 0.364. The average Bonchev–Trinajstić information content (AvgIpc) is 2.14. The van der Waals surface area contributed by atoms with E-state index in [-0.39, 0.29) is 5.88 Å². The minimum atomic E-state index is -1.02. The second-order valence-electron chi connectivity index (χ2n) is 1.64. The Hall–Kier alpha value is -1.23. The molecule has 0 saturated heterocycles. The fourth-order valence-corrected chi connectivity index (χ4v) is 0.526. The number of carboxylic acid groups (broad SMARTS) is 1. The largest absolute Gasteiger partial charge is 0.494 e. The molecule has 1 unspecified atom stereocenters. The summed E-state index contributed by atoms with van der Waals surface area (Å²) in [7, 11) is 0. The van der Waals surface area contributed by atoms with E-state index in [0.717, 1.165) is 0 Å². The van der Waals surface area contributed by atoms with Gasteiger partial charge < -0.3 is 10.2 Å². The van der Waals surface area contributed by atoms with Gasteiger partial charge >= 0.3 is 5.97 Å². The number of hydrogen-bond donors (Lipinski definition) is 4. The van der Waals surface area contributed by atoms with Gasteiger partial charge in [0.2, 0.25) is 0 Å². The lowest BCUT2D eigenvalue weighted by atomic mass is 10.3. The normalized spacial score (nSPS) is 24.9. The van der Waals surface area contributed by atoms with E-state index < -0.39 is 12.0 Å². The topological polar surface area (TPSA) is 81.6 Å². The zero-order valence-electron chi connectivity index (χ0n) is 4.46. The molecule has 1 atom stereocenters. The van der Waals surface area contributed by atoms with Gasteiger partial charge in [0.1, 0.15) is 6.04 Å². The molecule has 0 aromatic rings. The maximum absolute atomic E-state index is 10.1. The van der Waals surface area contributed by atoms with E-state index in [1.54, 1.807) is 0 Å². The van der Waals surface area contributed by atoms with Crippen LogP contribution in [0.5, 0.6) is 0 Å². The van der Waals surface area contributed by atoms with Gasteiger partial charge in [0.05, 0.1) is 0 Å². The first-order chi connectivity index (χ1) is 4.20. The maximum atomic E-state index is 10.1. The van der Waals surface area contributed by atoms with Gasteiger partial charge in [-0.15, -0.1) is 0 Å². The standard InChI is InChI=1S/C4H6N2O3/c7-3-1-2(4(8)9)5-6-3/h1-2,5-7H,(H,8,9). The summed E-state index contributed by atoms with van der Waals surface area (Å²) < 4.78 is 0. The summed E-state index contributed by atoms with van der Waals surface area (Å²) in [6.45, 7) is 0. The van der Waals surface area contributed by atoms with Crippen molar-refractivity contribution in [3.8, 4) is 0 Å². The van der Waals surface area contributed by atoms with Crippen LogP contribution in [0.3, 0.4) is 0 Å². The zero-order valence-corrected chi connectivity index (χ0v) is 4.46. The summed E-state index contributed by atoms with van der Waals surface area (Å²) in [6.07, 6.45) is 1.17. The third-order valence-electron chi connectivity index (χ3n) is 0.946. The van der Waals surface area contributed by atoms with E-state index in [1.165, 1.54) is 6.08 Å². The van der Waals surface area contributed by atoms with Crippen molar-refractivity contribution >= 4 is 5.97 Å². The molecule has 0 saturated carbocycles. The highest BCUT2D eigenvalue weighted by Crippen LogP contribution is 1.95. The van der Waals surface area contributed by atoms with Crippen LogP contribution in [0.2, 0.25) is 0 Å². The molecule has 1 aliphatic heterocycles. The Kier molecular flexibility index (Phi) is 1.27. The molecule has 4 N–H and O–H groups in total. The molecule has 0 aliphatic carbocycles. The van der Waals surface area contributed by atoms with Gasteiger partial charge in [0, 0.05) is 6.08 Å². The number of nitrogens with one attached hydrogen (secondary N) is 2. The van der Waals surface area contributed by atoms with Crippen LogP contribution in [0.25, 0.3) is 0 Å². The van der Waals surface area contributed by atoms with Crippen LogP contribution in [-0.4, -0.2) is 22.2 Å². The smallest absolute Gasteiger partial charge is 0.326 e. The van der Waals surface area contributed by atoms with Crippen molar-refractivity contribution < 1.29 is 15.0 Å². The molecule has 9 heavy (non-hydrogen) atoms. The van der Waals surface area contributed by atoms with Gasteiger partial charge in [-0.2, -0.15) is 0 Å². The monoisotopic (exact) mass is 130 g/mol. The molecule has 5 nitrogen and oxygen atoms in total. The second kappa shape index (κ2) is 1.94. The minimum Gasteiger partial charge on any atom is -0.494 e. The molecule has 1 heterocycles. The Morgan fingerprint density at radius 1 is 1.78 bits per heavy atom. The fraction of sp³-hybridized carbons (Fsp3) is 0.250. The van der Waals surface area contributed by atoms with E-state index in [0.29, 0.717) is 0 Å². The minimum absolute atomic E-state index is 0.151. The van der Waals surface area contributed by atoms with Gasteiger partial charge in [-0.3, -0.25) is 10.2 Å². The Bertz CT molecular complexity index is 165. The van der Waals surface area contributed by atoms with Gasteiger partial charge in [0.15, 0.2) is 5.88 Å². The summed E-state index contributed by atoms with van der Waals surface area (Å²) in [5, 5.41) is 16.8. The van der Waals surface area contributed by atoms with E-state index in [4.69, 9.17) is 10.2 Å². The van der Waals surface area contributed by atoms with Crippen molar-refractivity contribution in [3.63, 3.8) is 0 Å². The Morgan fingerprint density at radius 2 is 2.44 bits per heavy atom. The molecular formula is C4H6N2O3. The zero-order chi connectivity index (χ0) is 6.85. The van der Waals surface area contributed by atoms with Crippen LogP contribution < -0.4 is 10.9 Å². The highest BCUT2D eigenvalue weighted by molar-refractivity contribution is 5.76. The Labute approximate surface area is 51.0 Å². The molecule has 0 aromatic heterocycles. The number of hydrogen-bond acceptors (Lipinski definition) is 4. The molecule has 0 radical (unpaired) electrons. The van der Waals surface area contributed by atoms with Gasteiger partial charge in [-0.25, -0.2) is 5.43 Å². The number of aliphatic hydroxyl groups excluding tert-OH is 1. The lowest BCUT2D eigenvalue weighted by Crippen LogP contribution is -2.37. The number of aliphatic hydroxyl groups is 1. The average molecular weight is 130 g/mol. The maximum Gasteiger partial charge on any atom is 0.326 e. The predicted molar refractivity (Wildman–Crippen MR) is 28.4 cm³/mol. The number of carbonyl (C=O) groups is 1. The summed E-state index contributed by atoms with van der Waals surface area (Å²) >= 11 is 0. The summed E-state index contributed by atoms with van der Waals surface area (Å²) in [6, 6.07) is -0.815. The number of carboxylic acids is 1. The first-order valence-electron chi connectivity index (χ1n) is 2.35. The summed E-state index contributed by atoms with van der Waals surface area (Å²) in [5.41, 5.74) is 4.55. The molecule has 0 fully saturated rings. The third kappa shape index (κ3) is 1.11. The fourth-order valence-electron chi connectivity index (χ4n) is 0.526. The van der Waals surface area contributed by atoms with Gasteiger partial charge in [-0.05, 0) is 0 Å². The van der Waals surface area contributed by atoms with Gasteiger partial charge in [0.25, 0.3) is 0 Å². The molecule has 0 spiro atoms. The van der Waals surface area contributed by atoms with E-state index >= 15 is 0 Å². The first-order valence-corrected chi connectivity index (χ1v) is 2.35. The van der Waals surface area contributed by atoms with Crippen LogP contribution in [-0.2, 0) is 4.79 Å². The van der Waals surface area contributed by atoms with Crippen molar-refractivity contribution in [3.05, 3.63) is 12.0 Å². The summed E-state index contributed by atoms with van der Waals surface area (Å²) in [5.74, 6) is -1.17. The van der Waals surface area contributed by atoms with Crippen LogP contribution in [0.15, 0.2) is 12.0 Å². The Morgan fingerprint density at radius 3 is 2.67 bits per heavy atom. The molecular weight excluding hydrogens is 124 g/mol. The molecule has 0 amide bonds. The van der Waals surface area contributed by atoms with Crippen LogP contribution in [0, 0.1) is 0 Å². The third-order valence-corrected chi connectivity index (χ3v) is 0.946. The molecule has 1 rings (SSSR count). The van der Waals surface area contributed by atoms with Crippen molar-refractivity contribution in [2.45, 2.75) is 6.04 Å². The number of hydrazine groups is 1. The molecule has 0 bridgehead atoms. The molecule has 50 valence electrons. The van der Waals surface area contributed by atoms with Crippen molar-refractivity contribution in [1.82, 2.24) is 10.9 Å². The SMILES string of the molecule is O=C(O)C1C=C(O)NN1. The van der Waals surface area contributed by atoms with E-state index in [2.05, 4.69) is 10.9 Å².